The van der Waals surface area contributed by atoms with Crippen molar-refractivity contribution in [2.24, 2.45) is 0 Å². The van der Waals surface area contributed by atoms with E-state index in [0.717, 1.165) is 5.69 Å². The topological polar surface area (TPSA) is 12.0 Å². The molecule has 0 fully saturated rings. The molecule has 2 aromatic rings. The average molecular weight is 223 g/mol. The largest absolute Gasteiger partial charge is 0.379 e. The summed E-state index contributed by atoms with van der Waals surface area (Å²) in [4.78, 5) is 0. The van der Waals surface area contributed by atoms with Gasteiger partial charge in [-0.2, -0.15) is 0 Å². The minimum absolute atomic E-state index is 0.264. The molecule has 0 amide bonds. The van der Waals surface area contributed by atoms with Crippen molar-refractivity contribution in [2.45, 2.75) is 13.0 Å². The molecule has 0 saturated heterocycles. The van der Waals surface area contributed by atoms with E-state index in [1.165, 1.54) is 11.1 Å². The molecule has 86 valence electrons. The third-order valence-corrected chi connectivity index (χ3v) is 2.75. The highest BCUT2D eigenvalue weighted by Crippen LogP contribution is 2.27. The van der Waals surface area contributed by atoms with E-state index in [1.807, 2.05) is 18.2 Å². The number of benzene rings is 2. The minimum Gasteiger partial charge on any atom is -0.379 e. The molecule has 1 heteroatoms. The average Bonchev–Trinajstić information content (AvgIpc) is 2.40. The Labute approximate surface area is 103 Å². The van der Waals surface area contributed by atoms with Crippen molar-refractivity contribution in [2.75, 3.05) is 5.32 Å². The van der Waals surface area contributed by atoms with Gasteiger partial charge in [0.2, 0.25) is 0 Å². The van der Waals surface area contributed by atoms with E-state index in [4.69, 9.17) is 0 Å². The van der Waals surface area contributed by atoms with Crippen LogP contribution in [0.25, 0.3) is 11.1 Å². The molecule has 2 rings (SSSR count). The second-order valence-electron chi connectivity index (χ2n) is 4.08. The predicted octanol–water partition coefficient (Wildman–Crippen LogP) is 4.34. The van der Waals surface area contributed by atoms with Gasteiger partial charge in [-0.05, 0) is 18.6 Å². The Bertz CT molecular complexity index is 488. The molecule has 0 aliphatic heterocycles. The van der Waals surface area contributed by atoms with Gasteiger partial charge >= 0.3 is 0 Å². The van der Waals surface area contributed by atoms with Gasteiger partial charge in [-0.1, -0.05) is 54.6 Å². The lowest BCUT2D eigenvalue weighted by atomic mass is 10.0. The molecule has 17 heavy (non-hydrogen) atoms. The van der Waals surface area contributed by atoms with Gasteiger partial charge in [0.05, 0.1) is 0 Å². The molecule has 0 aliphatic rings. The maximum Gasteiger partial charge on any atom is 0.0424 e. The first kappa shape index (κ1) is 11.5. The highest BCUT2D eigenvalue weighted by atomic mass is 14.9. The van der Waals surface area contributed by atoms with Crippen LogP contribution in [0.1, 0.15) is 6.92 Å². The zero-order chi connectivity index (χ0) is 12.1. The Morgan fingerprint density at radius 1 is 1.00 bits per heavy atom. The number of nitrogens with one attached hydrogen (secondary N) is 1. The highest BCUT2D eigenvalue weighted by molar-refractivity contribution is 5.77. The monoisotopic (exact) mass is 223 g/mol. The maximum atomic E-state index is 3.80. The van der Waals surface area contributed by atoms with Crippen LogP contribution in [-0.4, -0.2) is 6.04 Å². The van der Waals surface area contributed by atoms with Gasteiger partial charge in [0, 0.05) is 17.3 Å². The molecular weight excluding hydrogens is 206 g/mol. The lowest BCUT2D eigenvalue weighted by Crippen LogP contribution is -2.11. The van der Waals surface area contributed by atoms with Crippen molar-refractivity contribution < 1.29 is 0 Å². The van der Waals surface area contributed by atoms with E-state index in [-0.39, 0.29) is 6.04 Å². The lowest BCUT2D eigenvalue weighted by Gasteiger charge is -2.15. The van der Waals surface area contributed by atoms with Gasteiger partial charge in [-0.3, -0.25) is 0 Å². The van der Waals surface area contributed by atoms with Gasteiger partial charge in [-0.25, -0.2) is 0 Å². The Kier molecular flexibility index (Phi) is 3.61. The predicted molar refractivity (Wildman–Crippen MR) is 75.2 cm³/mol. The summed E-state index contributed by atoms with van der Waals surface area (Å²) >= 11 is 0. The molecule has 0 aromatic heterocycles. The summed E-state index contributed by atoms with van der Waals surface area (Å²) in [6, 6.07) is 19.0. The zero-order valence-electron chi connectivity index (χ0n) is 10.1. The summed E-state index contributed by atoms with van der Waals surface area (Å²) in [5.74, 6) is 0. The second kappa shape index (κ2) is 5.35. The van der Waals surface area contributed by atoms with E-state index in [2.05, 4.69) is 61.3 Å². The van der Waals surface area contributed by atoms with Crippen LogP contribution in [0.15, 0.2) is 67.3 Å². The molecule has 1 unspecified atom stereocenters. The molecule has 0 heterocycles. The fourth-order valence-corrected chi connectivity index (χ4v) is 1.78. The quantitative estimate of drug-likeness (QED) is 0.760. The standard InChI is InChI=1S/C16H17N/c1-3-13(2)17-16-12-8-7-11-15(16)14-9-5-4-6-10-14/h3-13,17H,1H2,2H3. The van der Waals surface area contributed by atoms with Crippen molar-refractivity contribution >= 4 is 5.69 Å². The van der Waals surface area contributed by atoms with Crippen LogP contribution in [0.4, 0.5) is 5.69 Å². The Morgan fingerprint density at radius 3 is 2.35 bits per heavy atom. The van der Waals surface area contributed by atoms with Gasteiger partial charge in [0.1, 0.15) is 0 Å². The molecule has 1 nitrogen and oxygen atoms in total. The molecular formula is C16H17N. The highest BCUT2D eigenvalue weighted by Gasteiger charge is 2.04. The van der Waals surface area contributed by atoms with Crippen molar-refractivity contribution in [3.63, 3.8) is 0 Å². The number of anilines is 1. The summed E-state index contributed by atoms with van der Waals surface area (Å²) in [6.07, 6.45) is 1.90. The third kappa shape index (κ3) is 2.76. The van der Waals surface area contributed by atoms with E-state index < -0.39 is 0 Å². The van der Waals surface area contributed by atoms with Crippen LogP contribution in [0.3, 0.4) is 0 Å². The molecule has 1 N–H and O–H groups in total. The van der Waals surface area contributed by atoms with Gasteiger partial charge < -0.3 is 5.32 Å². The van der Waals surface area contributed by atoms with Crippen molar-refractivity contribution in [1.82, 2.24) is 0 Å². The lowest BCUT2D eigenvalue weighted by molar-refractivity contribution is 1.00. The molecule has 0 bridgehead atoms. The van der Waals surface area contributed by atoms with Crippen molar-refractivity contribution in [3.8, 4) is 11.1 Å². The van der Waals surface area contributed by atoms with Crippen LogP contribution in [-0.2, 0) is 0 Å². The van der Waals surface area contributed by atoms with E-state index in [9.17, 15) is 0 Å². The Balaban J connectivity index is 2.37. The maximum absolute atomic E-state index is 3.80. The summed E-state index contributed by atoms with van der Waals surface area (Å²) in [7, 11) is 0. The van der Waals surface area contributed by atoms with Crippen LogP contribution < -0.4 is 5.32 Å². The second-order valence-corrected chi connectivity index (χ2v) is 4.08. The summed E-state index contributed by atoms with van der Waals surface area (Å²) in [5, 5.41) is 3.44. The first-order valence-corrected chi connectivity index (χ1v) is 5.85. The van der Waals surface area contributed by atoms with Crippen molar-refractivity contribution in [3.05, 3.63) is 67.3 Å². The fraction of sp³-hybridized carbons (Fsp3) is 0.125. The third-order valence-electron chi connectivity index (χ3n) is 2.75. The van der Waals surface area contributed by atoms with Gasteiger partial charge in [0.25, 0.3) is 0 Å². The first-order valence-electron chi connectivity index (χ1n) is 5.85. The molecule has 2 aromatic carbocycles. The molecule has 0 radical (unpaired) electrons. The van der Waals surface area contributed by atoms with Crippen LogP contribution in [0, 0.1) is 0 Å². The number of hydrogen-bond donors (Lipinski definition) is 1. The zero-order valence-corrected chi connectivity index (χ0v) is 10.1. The molecule has 0 aliphatic carbocycles. The molecule has 1 atom stereocenters. The van der Waals surface area contributed by atoms with Gasteiger partial charge in [0.15, 0.2) is 0 Å². The minimum atomic E-state index is 0.264. The SMILES string of the molecule is C=CC(C)Nc1ccccc1-c1ccccc1. The summed E-state index contributed by atoms with van der Waals surface area (Å²) in [6.45, 7) is 5.89. The molecule has 0 spiro atoms. The Hall–Kier alpha value is -2.02. The van der Waals surface area contributed by atoms with E-state index >= 15 is 0 Å². The summed E-state index contributed by atoms with van der Waals surface area (Å²) in [5.41, 5.74) is 3.60. The molecule has 0 saturated carbocycles. The van der Waals surface area contributed by atoms with E-state index in [1.54, 1.807) is 0 Å². The van der Waals surface area contributed by atoms with Crippen LogP contribution in [0.2, 0.25) is 0 Å². The van der Waals surface area contributed by atoms with Crippen LogP contribution in [0.5, 0.6) is 0 Å². The number of para-hydroxylation sites is 1. The Morgan fingerprint density at radius 2 is 1.65 bits per heavy atom. The first-order chi connectivity index (χ1) is 8.31. The number of hydrogen-bond acceptors (Lipinski definition) is 1. The normalized spacial score (nSPS) is 11.8. The van der Waals surface area contributed by atoms with E-state index in [0.29, 0.717) is 0 Å². The van der Waals surface area contributed by atoms with Gasteiger partial charge in [-0.15, -0.1) is 6.58 Å². The summed E-state index contributed by atoms with van der Waals surface area (Å²) < 4.78 is 0. The fourth-order valence-electron chi connectivity index (χ4n) is 1.78. The smallest absolute Gasteiger partial charge is 0.0424 e. The van der Waals surface area contributed by atoms with Crippen LogP contribution >= 0.6 is 0 Å². The van der Waals surface area contributed by atoms with Crippen molar-refractivity contribution in [1.29, 1.82) is 0 Å². The number of rotatable bonds is 4.